The molecular weight excluding hydrogens is 330 g/mol. The first-order chi connectivity index (χ1) is 9.13. The Morgan fingerprint density at radius 2 is 2.05 bits per heavy atom. The lowest BCUT2D eigenvalue weighted by Crippen LogP contribution is -2.39. The molecule has 1 aromatic carbocycles. The first kappa shape index (κ1) is 16.8. The Hall–Kier alpha value is -0.290. The number of halogens is 2. The standard InChI is InChI=1S/C14H21BrClNO2/c1-11(10-19-3)17(6-7-18-2)14-5-4-13(16)8-12(14)9-15/h4-5,8,11H,6-7,9-10H2,1-3H3. The van der Waals surface area contributed by atoms with Crippen LogP contribution in [0.3, 0.4) is 0 Å². The minimum absolute atomic E-state index is 0.277. The predicted octanol–water partition coefficient (Wildman–Crippen LogP) is 3.72. The summed E-state index contributed by atoms with van der Waals surface area (Å²) in [6.45, 7) is 4.32. The molecule has 19 heavy (non-hydrogen) atoms. The van der Waals surface area contributed by atoms with Gasteiger partial charge in [0, 0.05) is 42.8 Å². The van der Waals surface area contributed by atoms with Crippen LogP contribution in [0.25, 0.3) is 0 Å². The van der Waals surface area contributed by atoms with Crippen molar-refractivity contribution in [2.45, 2.75) is 18.3 Å². The van der Waals surface area contributed by atoms with Crippen LogP contribution in [0.4, 0.5) is 5.69 Å². The number of hydrogen-bond acceptors (Lipinski definition) is 3. The fraction of sp³-hybridized carbons (Fsp3) is 0.571. The topological polar surface area (TPSA) is 21.7 Å². The van der Waals surface area contributed by atoms with Crippen LogP contribution in [0.5, 0.6) is 0 Å². The molecule has 0 amide bonds. The van der Waals surface area contributed by atoms with E-state index in [1.54, 1.807) is 14.2 Å². The summed E-state index contributed by atoms with van der Waals surface area (Å²) in [5, 5.41) is 1.52. The maximum atomic E-state index is 6.06. The Morgan fingerprint density at radius 3 is 2.63 bits per heavy atom. The van der Waals surface area contributed by atoms with Crippen LogP contribution >= 0.6 is 27.5 Å². The molecule has 0 aliphatic carbocycles. The minimum Gasteiger partial charge on any atom is -0.383 e. The van der Waals surface area contributed by atoms with Crippen LogP contribution in [-0.4, -0.2) is 40.0 Å². The van der Waals surface area contributed by atoms with Gasteiger partial charge in [0.15, 0.2) is 0 Å². The molecule has 1 atom stereocenters. The summed E-state index contributed by atoms with van der Waals surface area (Å²) in [6.07, 6.45) is 0. The van der Waals surface area contributed by atoms with Gasteiger partial charge >= 0.3 is 0 Å². The van der Waals surface area contributed by atoms with Crippen molar-refractivity contribution in [1.82, 2.24) is 0 Å². The van der Waals surface area contributed by atoms with Crippen LogP contribution in [0.1, 0.15) is 12.5 Å². The Labute approximate surface area is 129 Å². The summed E-state index contributed by atoms with van der Waals surface area (Å²) in [4.78, 5) is 2.29. The van der Waals surface area contributed by atoms with E-state index >= 15 is 0 Å². The zero-order valence-electron chi connectivity index (χ0n) is 11.7. The van der Waals surface area contributed by atoms with E-state index in [1.807, 2.05) is 12.1 Å². The van der Waals surface area contributed by atoms with Crippen molar-refractivity contribution >= 4 is 33.2 Å². The largest absolute Gasteiger partial charge is 0.383 e. The SMILES string of the molecule is COCCN(c1ccc(Cl)cc1CBr)C(C)COC. The van der Waals surface area contributed by atoms with Crippen LogP contribution < -0.4 is 4.90 Å². The van der Waals surface area contributed by atoms with Crippen LogP contribution in [0.15, 0.2) is 18.2 Å². The summed E-state index contributed by atoms with van der Waals surface area (Å²) in [6, 6.07) is 6.24. The lowest BCUT2D eigenvalue weighted by Gasteiger charge is -2.32. The fourth-order valence-corrected chi connectivity index (χ4v) is 2.68. The lowest BCUT2D eigenvalue weighted by atomic mass is 10.1. The smallest absolute Gasteiger partial charge is 0.0663 e. The third-order valence-electron chi connectivity index (χ3n) is 2.97. The van der Waals surface area contributed by atoms with Crippen molar-refractivity contribution in [3.63, 3.8) is 0 Å². The summed E-state index contributed by atoms with van der Waals surface area (Å²) in [5.41, 5.74) is 2.34. The number of anilines is 1. The molecule has 1 unspecified atom stereocenters. The highest BCUT2D eigenvalue weighted by Crippen LogP contribution is 2.27. The van der Waals surface area contributed by atoms with Gasteiger partial charge in [-0.1, -0.05) is 27.5 Å². The zero-order valence-corrected chi connectivity index (χ0v) is 14.0. The molecule has 1 rings (SSSR count). The van der Waals surface area contributed by atoms with Gasteiger partial charge in [-0.3, -0.25) is 0 Å². The summed E-state index contributed by atoms with van der Waals surface area (Å²) >= 11 is 9.58. The number of benzene rings is 1. The van der Waals surface area contributed by atoms with E-state index in [4.69, 9.17) is 21.1 Å². The van der Waals surface area contributed by atoms with E-state index in [2.05, 4.69) is 33.8 Å². The summed E-state index contributed by atoms with van der Waals surface area (Å²) in [5.74, 6) is 0. The zero-order chi connectivity index (χ0) is 14.3. The molecule has 3 nitrogen and oxygen atoms in total. The van der Waals surface area contributed by atoms with Gasteiger partial charge in [0.1, 0.15) is 0 Å². The normalized spacial score (nSPS) is 12.5. The predicted molar refractivity (Wildman–Crippen MR) is 84.6 cm³/mol. The molecule has 0 saturated carbocycles. The molecule has 0 fully saturated rings. The molecule has 1 aromatic rings. The van der Waals surface area contributed by atoms with Crippen LogP contribution in [0, 0.1) is 0 Å². The van der Waals surface area contributed by atoms with Gasteiger partial charge in [-0.2, -0.15) is 0 Å². The van der Waals surface area contributed by atoms with Crippen molar-refractivity contribution in [2.75, 3.05) is 38.9 Å². The quantitative estimate of drug-likeness (QED) is 0.667. The lowest BCUT2D eigenvalue weighted by molar-refractivity contribution is 0.171. The number of alkyl halides is 1. The Morgan fingerprint density at radius 1 is 1.32 bits per heavy atom. The van der Waals surface area contributed by atoms with E-state index in [1.165, 1.54) is 11.3 Å². The molecule has 0 aromatic heterocycles. The second kappa shape index (κ2) is 8.80. The molecular formula is C14H21BrClNO2. The van der Waals surface area contributed by atoms with Crippen molar-refractivity contribution in [3.05, 3.63) is 28.8 Å². The Bertz CT molecular complexity index is 390. The average Bonchev–Trinajstić information content (AvgIpc) is 2.40. The number of hydrogen-bond donors (Lipinski definition) is 0. The van der Waals surface area contributed by atoms with Gasteiger partial charge in [-0.25, -0.2) is 0 Å². The van der Waals surface area contributed by atoms with E-state index in [0.717, 1.165) is 16.9 Å². The fourth-order valence-electron chi connectivity index (χ4n) is 2.04. The van der Waals surface area contributed by atoms with Crippen LogP contribution in [-0.2, 0) is 14.8 Å². The minimum atomic E-state index is 0.277. The van der Waals surface area contributed by atoms with Crippen molar-refractivity contribution in [3.8, 4) is 0 Å². The molecule has 0 heterocycles. The molecule has 5 heteroatoms. The van der Waals surface area contributed by atoms with E-state index in [-0.39, 0.29) is 6.04 Å². The molecule has 0 N–H and O–H groups in total. The van der Waals surface area contributed by atoms with Gasteiger partial charge < -0.3 is 14.4 Å². The third-order valence-corrected chi connectivity index (χ3v) is 3.81. The third kappa shape index (κ3) is 4.95. The highest BCUT2D eigenvalue weighted by Gasteiger charge is 2.17. The van der Waals surface area contributed by atoms with E-state index in [9.17, 15) is 0 Å². The maximum Gasteiger partial charge on any atom is 0.0663 e. The molecule has 0 saturated heterocycles. The van der Waals surface area contributed by atoms with Gasteiger partial charge in [0.05, 0.1) is 13.2 Å². The Balaban J connectivity index is 3.01. The first-order valence-corrected chi connectivity index (χ1v) is 7.72. The molecule has 0 spiro atoms. The van der Waals surface area contributed by atoms with E-state index in [0.29, 0.717) is 13.2 Å². The number of methoxy groups -OCH3 is 2. The number of ether oxygens (including phenoxy) is 2. The van der Waals surface area contributed by atoms with Crippen molar-refractivity contribution in [1.29, 1.82) is 0 Å². The monoisotopic (exact) mass is 349 g/mol. The maximum absolute atomic E-state index is 6.06. The van der Waals surface area contributed by atoms with Crippen LogP contribution in [0.2, 0.25) is 5.02 Å². The highest BCUT2D eigenvalue weighted by atomic mass is 79.9. The second-order valence-electron chi connectivity index (χ2n) is 4.40. The molecule has 0 aliphatic rings. The van der Waals surface area contributed by atoms with Gasteiger partial charge in [-0.15, -0.1) is 0 Å². The van der Waals surface area contributed by atoms with Gasteiger partial charge in [-0.05, 0) is 30.7 Å². The van der Waals surface area contributed by atoms with Crippen molar-refractivity contribution in [2.24, 2.45) is 0 Å². The van der Waals surface area contributed by atoms with Crippen molar-refractivity contribution < 1.29 is 9.47 Å². The highest BCUT2D eigenvalue weighted by molar-refractivity contribution is 9.08. The summed E-state index contributed by atoms with van der Waals surface area (Å²) < 4.78 is 10.5. The van der Waals surface area contributed by atoms with E-state index < -0.39 is 0 Å². The molecule has 0 bridgehead atoms. The number of rotatable bonds is 8. The average molecular weight is 351 g/mol. The first-order valence-electron chi connectivity index (χ1n) is 6.23. The molecule has 108 valence electrons. The van der Waals surface area contributed by atoms with Gasteiger partial charge in [0.25, 0.3) is 0 Å². The number of nitrogens with zero attached hydrogens (tertiary/aromatic N) is 1. The molecule has 0 radical (unpaired) electrons. The molecule has 0 aliphatic heterocycles. The second-order valence-corrected chi connectivity index (χ2v) is 5.39. The Kier molecular flexibility index (Phi) is 7.76. The summed E-state index contributed by atoms with van der Waals surface area (Å²) in [7, 11) is 3.44. The van der Waals surface area contributed by atoms with Gasteiger partial charge in [0.2, 0.25) is 0 Å².